The Kier molecular flexibility index (Phi) is 5.99. The van der Waals surface area contributed by atoms with E-state index in [9.17, 15) is 5.11 Å². The molecule has 0 amide bonds. The summed E-state index contributed by atoms with van der Waals surface area (Å²) in [6.45, 7) is 2.89. The molecule has 2 aromatic rings. The average Bonchev–Trinajstić information content (AvgIpc) is 2.99. The third kappa shape index (κ3) is 4.70. The summed E-state index contributed by atoms with van der Waals surface area (Å²) in [6, 6.07) is 12.2. The fourth-order valence-corrected chi connectivity index (χ4v) is 2.35. The molecule has 0 bridgehead atoms. The fourth-order valence-electron chi connectivity index (χ4n) is 2.35. The molecule has 2 rings (SSSR count). The number of benzene rings is 1. The van der Waals surface area contributed by atoms with Crippen LogP contribution < -0.4 is 5.32 Å². The second-order valence-electron chi connectivity index (χ2n) is 5.22. The molecule has 4 nitrogen and oxygen atoms in total. The number of nitrogens with one attached hydrogen (secondary N) is 1. The molecule has 0 aliphatic heterocycles. The van der Waals surface area contributed by atoms with Crippen molar-refractivity contribution in [3.05, 3.63) is 59.5 Å². The zero-order valence-corrected chi connectivity index (χ0v) is 12.6. The van der Waals surface area contributed by atoms with E-state index in [0.29, 0.717) is 13.2 Å². The molecular weight excluding hydrogens is 266 g/mol. The summed E-state index contributed by atoms with van der Waals surface area (Å²) in [6.07, 6.45) is 1.97. The highest BCUT2D eigenvalue weighted by atomic mass is 16.5. The first-order valence-corrected chi connectivity index (χ1v) is 7.19. The van der Waals surface area contributed by atoms with Crippen molar-refractivity contribution in [2.24, 2.45) is 0 Å². The van der Waals surface area contributed by atoms with Crippen LogP contribution in [0.25, 0.3) is 0 Å². The Bertz CT molecular complexity index is 525. The van der Waals surface area contributed by atoms with E-state index in [-0.39, 0.29) is 6.04 Å². The van der Waals surface area contributed by atoms with Gasteiger partial charge in [-0.05, 0) is 36.6 Å². The maximum Gasteiger partial charge on any atom is 0.121 e. The predicted octanol–water partition coefficient (Wildman–Crippen LogP) is 2.47. The molecule has 4 heteroatoms. The van der Waals surface area contributed by atoms with Crippen molar-refractivity contribution in [3.63, 3.8) is 0 Å². The van der Waals surface area contributed by atoms with Gasteiger partial charge in [-0.3, -0.25) is 0 Å². The van der Waals surface area contributed by atoms with Crippen molar-refractivity contribution in [1.29, 1.82) is 0 Å². The van der Waals surface area contributed by atoms with Crippen LogP contribution in [0.15, 0.2) is 47.1 Å². The predicted molar refractivity (Wildman–Crippen MR) is 82.2 cm³/mol. The van der Waals surface area contributed by atoms with Crippen molar-refractivity contribution < 1.29 is 14.3 Å². The van der Waals surface area contributed by atoms with E-state index in [1.165, 1.54) is 11.1 Å². The number of aliphatic hydroxyl groups is 1. The van der Waals surface area contributed by atoms with Crippen LogP contribution in [-0.4, -0.2) is 31.5 Å². The molecule has 0 aliphatic rings. The van der Waals surface area contributed by atoms with Crippen LogP contribution in [0.3, 0.4) is 0 Å². The van der Waals surface area contributed by atoms with Gasteiger partial charge in [0, 0.05) is 13.7 Å². The van der Waals surface area contributed by atoms with Crippen LogP contribution in [0, 0.1) is 6.92 Å². The number of rotatable bonds is 8. The Balaban J connectivity index is 2.05. The Morgan fingerprint density at radius 3 is 2.71 bits per heavy atom. The van der Waals surface area contributed by atoms with Gasteiger partial charge in [-0.2, -0.15) is 0 Å². The van der Waals surface area contributed by atoms with Crippen LogP contribution in [0.1, 0.15) is 22.9 Å². The summed E-state index contributed by atoms with van der Waals surface area (Å²) in [4.78, 5) is 0. The molecule has 0 aliphatic carbocycles. The molecule has 0 radical (unpaired) electrons. The third-order valence-electron chi connectivity index (χ3n) is 3.53. The number of hydrogen-bond acceptors (Lipinski definition) is 4. The van der Waals surface area contributed by atoms with E-state index in [4.69, 9.17) is 9.15 Å². The maximum atomic E-state index is 9.80. The zero-order valence-electron chi connectivity index (χ0n) is 12.6. The number of aryl methyl sites for hydroxylation is 1. The third-order valence-corrected chi connectivity index (χ3v) is 3.53. The number of methoxy groups -OCH3 is 1. The second kappa shape index (κ2) is 7.98. The van der Waals surface area contributed by atoms with E-state index in [0.717, 1.165) is 12.2 Å². The summed E-state index contributed by atoms with van der Waals surface area (Å²) in [5.74, 6) is 0.878. The minimum absolute atomic E-state index is 0.0348. The van der Waals surface area contributed by atoms with Crippen LogP contribution in [0.2, 0.25) is 0 Å². The molecule has 21 heavy (non-hydrogen) atoms. The minimum Gasteiger partial charge on any atom is -0.468 e. The summed E-state index contributed by atoms with van der Waals surface area (Å²) >= 11 is 0. The summed E-state index contributed by atoms with van der Waals surface area (Å²) in [5.41, 5.74) is 2.53. The van der Waals surface area contributed by atoms with Gasteiger partial charge in [0.05, 0.1) is 25.0 Å². The molecule has 2 atom stereocenters. The lowest BCUT2D eigenvalue weighted by Gasteiger charge is -2.20. The Labute approximate surface area is 125 Å². The summed E-state index contributed by atoms with van der Waals surface area (Å²) in [5, 5.41) is 13.2. The lowest BCUT2D eigenvalue weighted by molar-refractivity contribution is 0.0621. The van der Waals surface area contributed by atoms with Crippen LogP contribution in [0.4, 0.5) is 0 Å². The molecule has 2 unspecified atom stereocenters. The lowest BCUT2D eigenvalue weighted by Crippen LogP contribution is -2.33. The zero-order chi connectivity index (χ0) is 15.1. The normalized spacial score (nSPS) is 14.0. The van der Waals surface area contributed by atoms with Crippen molar-refractivity contribution in [2.75, 3.05) is 20.3 Å². The maximum absolute atomic E-state index is 9.80. The first-order valence-electron chi connectivity index (χ1n) is 7.19. The van der Waals surface area contributed by atoms with Crippen LogP contribution >= 0.6 is 0 Å². The highest BCUT2D eigenvalue weighted by Crippen LogP contribution is 2.21. The molecule has 1 heterocycles. The Hall–Kier alpha value is -1.62. The SMILES string of the molecule is COCC(O)CNC(Cc1ccccc1C)c1ccco1. The Morgan fingerprint density at radius 1 is 1.24 bits per heavy atom. The van der Waals surface area contributed by atoms with Gasteiger partial charge in [-0.25, -0.2) is 0 Å². The average molecular weight is 289 g/mol. The van der Waals surface area contributed by atoms with E-state index in [1.54, 1.807) is 13.4 Å². The van der Waals surface area contributed by atoms with Gasteiger partial charge in [0.15, 0.2) is 0 Å². The van der Waals surface area contributed by atoms with Gasteiger partial charge in [0.2, 0.25) is 0 Å². The quantitative estimate of drug-likeness (QED) is 0.784. The second-order valence-corrected chi connectivity index (χ2v) is 5.22. The van der Waals surface area contributed by atoms with Crippen LogP contribution in [-0.2, 0) is 11.2 Å². The lowest BCUT2D eigenvalue weighted by atomic mass is 9.99. The monoisotopic (exact) mass is 289 g/mol. The summed E-state index contributed by atoms with van der Waals surface area (Å²) in [7, 11) is 1.58. The molecule has 0 fully saturated rings. The van der Waals surface area contributed by atoms with E-state index in [1.807, 2.05) is 24.3 Å². The topological polar surface area (TPSA) is 54.6 Å². The first-order chi connectivity index (χ1) is 10.2. The number of ether oxygens (including phenoxy) is 1. The van der Waals surface area contributed by atoms with Gasteiger partial charge in [-0.1, -0.05) is 24.3 Å². The molecule has 1 aromatic carbocycles. The highest BCUT2D eigenvalue weighted by molar-refractivity contribution is 5.27. The largest absolute Gasteiger partial charge is 0.468 e. The van der Waals surface area contributed by atoms with Gasteiger partial charge < -0.3 is 19.6 Å². The molecule has 0 spiro atoms. The molecular formula is C17H23NO3. The van der Waals surface area contributed by atoms with Crippen LogP contribution in [0.5, 0.6) is 0 Å². The standard InChI is InChI=1S/C17H23NO3/c1-13-6-3-4-7-14(13)10-16(17-8-5-9-21-17)18-11-15(19)12-20-2/h3-9,15-16,18-19H,10-12H2,1-2H3. The van der Waals surface area contributed by atoms with Gasteiger partial charge in [0.25, 0.3) is 0 Å². The smallest absolute Gasteiger partial charge is 0.121 e. The van der Waals surface area contributed by atoms with Gasteiger partial charge >= 0.3 is 0 Å². The Morgan fingerprint density at radius 2 is 2.05 bits per heavy atom. The first kappa shape index (κ1) is 15.8. The van der Waals surface area contributed by atoms with Crippen molar-refractivity contribution >= 4 is 0 Å². The molecule has 2 N–H and O–H groups in total. The van der Waals surface area contributed by atoms with Gasteiger partial charge in [0.1, 0.15) is 5.76 Å². The van der Waals surface area contributed by atoms with Crippen molar-refractivity contribution in [2.45, 2.75) is 25.5 Å². The molecule has 0 saturated heterocycles. The minimum atomic E-state index is -0.524. The van der Waals surface area contributed by atoms with Crippen molar-refractivity contribution in [3.8, 4) is 0 Å². The highest BCUT2D eigenvalue weighted by Gasteiger charge is 2.17. The molecule has 114 valence electrons. The number of aliphatic hydroxyl groups excluding tert-OH is 1. The molecule has 0 saturated carbocycles. The number of furan rings is 1. The summed E-state index contributed by atoms with van der Waals surface area (Å²) < 4.78 is 10.5. The fraction of sp³-hybridized carbons (Fsp3) is 0.412. The van der Waals surface area contributed by atoms with E-state index >= 15 is 0 Å². The number of hydrogen-bond donors (Lipinski definition) is 2. The van der Waals surface area contributed by atoms with E-state index < -0.39 is 6.10 Å². The van der Waals surface area contributed by atoms with E-state index in [2.05, 4.69) is 24.4 Å². The van der Waals surface area contributed by atoms with Gasteiger partial charge in [-0.15, -0.1) is 0 Å². The van der Waals surface area contributed by atoms with Crippen molar-refractivity contribution in [1.82, 2.24) is 5.32 Å². The molecule has 1 aromatic heterocycles.